The molecule has 0 aliphatic carbocycles. The molecule has 130 valence electrons. The second-order valence-electron chi connectivity index (χ2n) is 5.98. The molecule has 4 aromatic rings. The summed E-state index contributed by atoms with van der Waals surface area (Å²) >= 11 is 3.46. The Hall–Kier alpha value is -2.93. The lowest BCUT2D eigenvalue weighted by Gasteiger charge is -2.08. The minimum atomic E-state index is -0.0607. The number of fused-ring (bicyclic) bond motifs is 1. The lowest BCUT2D eigenvalue weighted by molar-refractivity contribution is -0.116. The van der Waals surface area contributed by atoms with Crippen molar-refractivity contribution >= 4 is 38.4 Å². The molecule has 0 aliphatic heterocycles. The number of aromatic nitrogens is 4. The summed E-state index contributed by atoms with van der Waals surface area (Å²) < 4.78 is 4.72. The first-order valence-corrected chi connectivity index (χ1v) is 8.92. The SMILES string of the molecule is O=C(Cn1ccc2cc(Br)ccc21)Nc1ccc(Cn2cncn2)cc1. The molecule has 0 spiro atoms. The van der Waals surface area contributed by atoms with Crippen molar-refractivity contribution in [1.82, 2.24) is 19.3 Å². The van der Waals surface area contributed by atoms with Crippen molar-refractivity contribution in [2.75, 3.05) is 5.32 Å². The van der Waals surface area contributed by atoms with Gasteiger partial charge in [0.05, 0.1) is 6.54 Å². The lowest BCUT2D eigenvalue weighted by Crippen LogP contribution is -2.18. The van der Waals surface area contributed by atoms with E-state index in [0.717, 1.165) is 26.6 Å². The molecule has 26 heavy (non-hydrogen) atoms. The standard InChI is InChI=1S/C19H16BrN5O/c20-16-3-6-18-15(9-16)7-8-24(18)11-19(26)23-17-4-1-14(2-5-17)10-25-13-21-12-22-25/h1-9,12-13H,10-11H2,(H,23,26). The molecule has 2 heterocycles. The largest absolute Gasteiger partial charge is 0.338 e. The number of halogens is 1. The Labute approximate surface area is 158 Å². The summed E-state index contributed by atoms with van der Waals surface area (Å²) in [5.41, 5.74) is 2.90. The Morgan fingerprint density at radius 3 is 2.73 bits per heavy atom. The van der Waals surface area contributed by atoms with Crippen molar-refractivity contribution in [2.45, 2.75) is 13.1 Å². The number of amides is 1. The first-order chi connectivity index (χ1) is 12.7. The van der Waals surface area contributed by atoms with E-state index in [1.807, 2.05) is 59.3 Å². The summed E-state index contributed by atoms with van der Waals surface area (Å²) in [5.74, 6) is -0.0607. The third-order valence-electron chi connectivity index (χ3n) is 4.10. The van der Waals surface area contributed by atoms with Crippen LogP contribution >= 0.6 is 15.9 Å². The van der Waals surface area contributed by atoms with Crippen LogP contribution in [-0.4, -0.2) is 25.2 Å². The Morgan fingerprint density at radius 2 is 1.96 bits per heavy atom. The van der Waals surface area contributed by atoms with Crippen LogP contribution in [0.25, 0.3) is 10.9 Å². The number of anilines is 1. The monoisotopic (exact) mass is 409 g/mol. The summed E-state index contributed by atoms with van der Waals surface area (Å²) in [6, 6.07) is 15.8. The Morgan fingerprint density at radius 1 is 1.12 bits per heavy atom. The minimum absolute atomic E-state index is 0.0607. The van der Waals surface area contributed by atoms with Crippen molar-refractivity contribution in [3.63, 3.8) is 0 Å². The van der Waals surface area contributed by atoms with Crippen LogP contribution in [-0.2, 0) is 17.9 Å². The van der Waals surface area contributed by atoms with Crippen molar-refractivity contribution in [3.05, 3.63) is 77.4 Å². The van der Waals surface area contributed by atoms with Crippen LogP contribution in [0, 0.1) is 0 Å². The number of nitrogens with zero attached hydrogens (tertiary/aromatic N) is 4. The molecule has 0 radical (unpaired) electrons. The third-order valence-corrected chi connectivity index (χ3v) is 4.59. The molecule has 2 aromatic heterocycles. The molecule has 0 saturated heterocycles. The average molecular weight is 410 g/mol. The van der Waals surface area contributed by atoms with Gasteiger partial charge in [-0.05, 0) is 42.0 Å². The summed E-state index contributed by atoms with van der Waals surface area (Å²) in [5, 5.41) is 8.12. The Bertz CT molecular complexity index is 1040. The van der Waals surface area contributed by atoms with Gasteiger partial charge in [-0.15, -0.1) is 0 Å². The highest BCUT2D eigenvalue weighted by molar-refractivity contribution is 9.10. The number of nitrogens with one attached hydrogen (secondary N) is 1. The molecule has 4 rings (SSSR count). The van der Waals surface area contributed by atoms with Gasteiger partial charge in [0.1, 0.15) is 19.2 Å². The van der Waals surface area contributed by atoms with E-state index in [0.29, 0.717) is 6.54 Å². The summed E-state index contributed by atoms with van der Waals surface area (Å²) in [6.45, 7) is 0.922. The smallest absolute Gasteiger partial charge is 0.244 e. The van der Waals surface area contributed by atoms with Crippen LogP contribution in [0.3, 0.4) is 0 Å². The second-order valence-corrected chi connectivity index (χ2v) is 6.90. The molecular formula is C19H16BrN5O. The van der Waals surface area contributed by atoms with E-state index in [-0.39, 0.29) is 12.5 Å². The zero-order valence-corrected chi connectivity index (χ0v) is 15.4. The first kappa shape index (κ1) is 16.5. The van der Waals surface area contributed by atoms with Crippen LogP contribution in [0.4, 0.5) is 5.69 Å². The normalized spacial score (nSPS) is 11.0. The fourth-order valence-electron chi connectivity index (χ4n) is 2.86. The number of hydrogen-bond acceptors (Lipinski definition) is 3. The van der Waals surface area contributed by atoms with E-state index in [2.05, 4.69) is 31.3 Å². The predicted octanol–water partition coefficient (Wildman–Crippen LogP) is 3.68. The highest BCUT2D eigenvalue weighted by atomic mass is 79.9. The van der Waals surface area contributed by atoms with Gasteiger partial charge in [0.15, 0.2) is 0 Å². The number of carbonyl (C=O) groups is 1. The van der Waals surface area contributed by atoms with Crippen molar-refractivity contribution < 1.29 is 4.79 Å². The molecule has 0 aliphatic rings. The summed E-state index contributed by atoms with van der Waals surface area (Å²) in [7, 11) is 0. The fourth-order valence-corrected chi connectivity index (χ4v) is 3.24. The van der Waals surface area contributed by atoms with E-state index in [4.69, 9.17) is 0 Å². The Balaban J connectivity index is 1.41. The zero-order chi connectivity index (χ0) is 17.9. The zero-order valence-electron chi connectivity index (χ0n) is 13.8. The van der Waals surface area contributed by atoms with Crippen LogP contribution < -0.4 is 5.32 Å². The highest BCUT2D eigenvalue weighted by Crippen LogP contribution is 2.21. The molecule has 0 bridgehead atoms. The molecule has 0 saturated carbocycles. The van der Waals surface area contributed by atoms with E-state index in [1.165, 1.54) is 6.33 Å². The van der Waals surface area contributed by atoms with Crippen LogP contribution in [0.2, 0.25) is 0 Å². The highest BCUT2D eigenvalue weighted by Gasteiger charge is 2.07. The van der Waals surface area contributed by atoms with E-state index >= 15 is 0 Å². The Kier molecular flexibility index (Phi) is 4.53. The van der Waals surface area contributed by atoms with Gasteiger partial charge in [0.2, 0.25) is 5.91 Å². The third kappa shape index (κ3) is 3.67. The quantitative estimate of drug-likeness (QED) is 0.546. The number of benzene rings is 2. The van der Waals surface area contributed by atoms with Gasteiger partial charge in [-0.1, -0.05) is 28.1 Å². The van der Waals surface area contributed by atoms with Crippen LogP contribution in [0.5, 0.6) is 0 Å². The average Bonchev–Trinajstić information content (AvgIpc) is 3.27. The van der Waals surface area contributed by atoms with Gasteiger partial charge in [0.25, 0.3) is 0 Å². The molecule has 6 nitrogen and oxygen atoms in total. The molecule has 2 aromatic carbocycles. The molecule has 1 N–H and O–H groups in total. The van der Waals surface area contributed by atoms with E-state index in [1.54, 1.807) is 11.0 Å². The molecular weight excluding hydrogens is 394 g/mol. The molecule has 0 atom stereocenters. The minimum Gasteiger partial charge on any atom is -0.338 e. The van der Waals surface area contributed by atoms with Gasteiger partial charge < -0.3 is 9.88 Å². The molecule has 0 unspecified atom stereocenters. The van der Waals surface area contributed by atoms with Gasteiger partial charge in [-0.25, -0.2) is 9.67 Å². The maximum Gasteiger partial charge on any atom is 0.244 e. The maximum absolute atomic E-state index is 12.4. The van der Waals surface area contributed by atoms with Gasteiger partial charge >= 0.3 is 0 Å². The van der Waals surface area contributed by atoms with Gasteiger partial charge in [0, 0.05) is 27.3 Å². The maximum atomic E-state index is 12.4. The van der Waals surface area contributed by atoms with Crippen LogP contribution in [0.15, 0.2) is 71.9 Å². The van der Waals surface area contributed by atoms with E-state index in [9.17, 15) is 4.79 Å². The molecule has 7 heteroatoms. The van der Waals surface area contributed by atoms with Gasteiger partial charge in [-0.3, -0.25) is 4.79 Å². The van der Waals surface area contributed by atoms with Crippen molar-refractivity contribution in [2.24, 2.45) is 0 Å². The van der Waals surface area contributed by atoms with E-state index < -0.39 is 0 Å². The van der Waals surface area contributed by atoms with Gasteiger partial charge in [-0.2, -0.15) is 5.10 Å². The van der Waals surface area contributed by atoms with Crippen LogP contribution in [0.1, 0.15) is 5.56 Å². The fraction of sp³-hybridized carbons (Fsp3) is 0.105. The summed E-state index contributed by atoms with van der Waals surface area (Å²) in [4.78, 5) is 16.3. The number of hydrogen-bond donors (Lipinski definition) is 1. The first-order valence-electron chi connectivity index (χ1n) is 8.13. The number of carbonyl (C=O) groups excluding carboxylic acids is 1. The van der Waals surface area contributed by atoms with Crippen molar-refractivity contribution in [1.29, 1.82) is 0 Å². The molecule has 0 fully saturated rings. The number of rotatable bonds is 5. The summed E-state index contributed by atoms with van der Waals surface area (Å²) in [6.07, 6.45) is 5.12. The lowest BCUT2D eigenvalue weighted by atomic mass is 10.2. The topological polar surface area (TPSA) is 64.7 Å². The van der Waals surface area contributed by atoms with Crippen molar-refractivity contribution in [3.8, 4) is 0 Å². The second kappa shape index (κ2) is 7.13. The molecule has 1 amide bonds. The predicted molar refractivity (Wildman–Crippen MR) is 104 cm³/mol.